The summed E-state index contributed by atoms with van der Waals surface area (Å²) in [7, 11) is 2.00. The van der Waals surface area contributed by atoms with Crippen LogP contribution in [-0.4, -0.2) is 55.5 Å². The van der Waals surface area contributed by atoms with Crippen molar-refractivity contribution < 1.29 is 24.6 Å². The zero-order valence-corrected chi connectivity index (χ0v) is 18.6. The monoisotopic (exact) mass is 406 g/mol. The Bertz CT molecular complexity index is 303. The van der Waals surface area contributed by atoms with E-state index in [2.05, 4.69) is 19.2 Å². The lowest BCUT2D eigenvalue weighted by molar-refractivity contribution is -0.121. The minimum absolute atomic E-state index is 0.0435. The van der Waals surface area contributed by atoms with E-state index < -0.39 is 6.04 Å². The van der Waals surface area contributed by atoms with Gasteiger partial charge in [0.25, 0.3) is 0 Å². The van der Waals surface area contributed by atoms with Crippen LogP contribution in [0.4, 0.5) is 0 Å². The number of unbranched alkanes of at least 4 members (excludes halogenated alkanes) is 8. The summed E-state index contributed by atoms with van der Waals surface area (Å²) in [5, 5.41) is 16.8. The van der Waals surface area contributed by atoms with Gasteiger partial charge in [-0.05, 0) is 19.3 Å². The van der Waals surface area contributed by atoms with Gasteiger partial charge >= 0.3 is 0 Å². The van der Waals surface area contributed by atoms with Crippen molar-refractivity contribution in [1.29, 1.82) is 0 Å². The first-order valence-corrected chi connectivity index (χ1v) is 10.4. The van der Waals surface area contributed by atoms with E-state index in [-0.39, 0.29) is 5.91 Å². The van der Waals surface area contributed by atoms with Crippen LogP contribution in [0.25, 0.3) is 0 Å². The number of hydrogen-bond acceptors (Lipinski definition) is 6. The Balaban J connectivity index is -0.000000362. The molecule has 1 atom stereocenters. The lowest BCUT2D eigenvalue weighted by Gasteiger charge is -2.06. The Labute approximate surface area is 172 Å². The summed E-state index contributed by atoms with van der Waals surface area (Å²) in [5.74, 6) is 0.0435. The number of hydrogen-bond donors (Lipinski definition) is 4. The number of nitrogens with two attached hydrogens (primary N) is 1. The van der Waals surface area contributed by atoms with Gasteiger partial charge in [0.1, 0.15) is 12.6 Å². The standard InChI is InChI=1S/C16H30N2O3.C3H8.2CH4O/c17-15(14-20)11-12-18-16(21)10-8-6-4-2-1-3-5-7-9-13-19;1-3-2;2*1-2/h13-15H,1-12,17H2,(H,18,21);3H2,1-2H3;2*2H,1H3. The number of nitrogens with one attached hydrogen (secondary N) is 1. The fourth-order valence-corrected chi connectivity index (χ4v) is 2.11. The molecule has 5 N–H and O–H groups in total. The van der Waals surface area contributed by atoms with E-state index in [1.807, 2.05) is 0 Å². The Morgan fingerprint density at radius 1 is 0.893 bits per heavy atom. The van der Waals surface area contributed by atoms with Gasteiger partial charge in [0.2, 0.25) is 5.91 Å². The van der Waals surface area contributed by atoms with E-state index >= 15 is 0 Å². The van der Waals surface area contributed by atoms with Crippen molar-refractivity contribution in [2.75, 3.05) is 20.8 Å². The summed E-state index contributed by atoms with van der Waals surface area (Å²) in [6, 6.07) is -0.475. The molecule has 1 unspecified atom stereocenters. The average molecular weight is 407 g/mol. The van der Waals surface area contributed by atoms with Crippen molar-refractivity contribution in [1.82, 2.24) is 5.32 Å². The molecule has 0 aromatic heterocycles. The maximum Gasteiger partial charge on any atom is 0.219 e. The van der Waals surface area contributed by atoms with Crippen molar-refractivity contribution in [2.45, 2.75) is 96.9 Å². The average Bonchev–Trinajstić information content (AvgIpc) is 2.72. The van der Waals surface area contributed by atoms with Gasteiger partial charge < -0.3 is 30.9 Å². The smallest absolute Gasteiger partial charge is 0.219 e. The molecule has 0 bridgehead atoms. The van der Waals surface area contributed by atoms with E-state index in [1.165, 1.54) is 25.7 Å². The topological polar surface area (TPSA) is 130 Å². The fraction of sp³-hybridized carbons (Fsp3) is 0.857. The molecule has 0 saturated heterocycles. The van der Waals surface area contributed by atoms with Crippen LogP contribution in [0, 0.1) is 0 Å². The van der Waals surface area contributed by atoms with Crippen molar-refractivity contribution in [2.24, 2.45) is 5.73 Å². The summed E-state index contributed by atoms with van der Waals surface area (Å²) in [4.78, 5) is 31.9. The van der Waals surface area contributed by atoms with Crippen LogP contribution in [0.2, 0.25) is 0 Å². The van der Waals surface area contributed by atoms with Gasteiger partial charge in [0.15, 0.2) is 0 Å². The van der Waals surface area contributed by atoms with E-state index in [9.17, 15) is 14.4 Å². The molecule has 0 saturated carbocycles. The summed E-state index contributed by atoms with van der Waals surface area (Å²) in [6.07, 6.45) is 13.6. The molecule has 0 aliphatic heterocycles. The molecule has 28 heavy (non-hydrogen) atoms. The fourth-order valence-electron chi connectivity index (χ4n) is 2.11. The van der Waals surface area contributed by atoms with Crippen LogP contribution in [0.1, 0.15) is 90.9 Å². The quantitative estimate of drug-likeness (QED) is 0.244. The summed E-state index contributed by atoms with van der Waals surface area (Å²) in [6.45, 7) is 4.72. The molecule has 0 aliphatic carbocycles. The molecule has 0 spiro atoms. The SMILES string of the molecule is CCC.CO.CO.NC(C=O)CCNC(=O)CCCCCCCCCCC=O. The number of carbonyl (C=O) groups is 3. The lowest BCUT2D eigenvalue weighted by atomic mass is 10.1. The van der Waals surface area contributed by atoms with Crippen LogP contribution in [0.15, 0.2) is 0 Å². The molecule has 7 nitrogen and oxygen atoms in total. The molecule has 0 fully saturated rings. The molecule has 0 aromatic rings. The third kappa shape index (κ3) is 39.7. The van der Waals surface area contributed by atoms with Gasteiger partial charge in [-0.3, -0.25) is 4.79 Å². The first kappa shape index (κ1) is 34.2. The number of aldehydes is 2. The van der Waals surface area contributed by atoms with E-state index in [0.717, 1.165) is 52.6 Å². The van der Waals surface area contributed by atoms with Crippen molar-refractivity contribution in [3.8, 4) is 0 Å². The number of rotatable bonds is 15. The molecule has 0 heterocycles. The van der Waals surface area contributed by atoms with E-state index in [1.54, 1.807) is 0 Å². The third-order valence-corrected chi connectivity index (χ3v) is 3.45. The minimum Gasteiger partial charge on any atom is -0.400 e. The second kappa shape index (κ2) is 36.6. The number of aliphatic hydroxyl groups is 2. The molecular formula is C21H46N2O5. The molecule has 0 radical (unpaired) electrons. The maximum absolute atomic E-state index is 11.5. The zero-order chi connectivity index (χ0) is 22.5. The van der Waals surface area contributed by atoms with Gasteiger partial charge in [-0.25, -0.2) is 0 Å². The maximum atomic E-state index is 11.5. The number of amides is 1. The Kier molecular flexibility index (Phi) is 44.7. The molecule has 0 aromatic carbocycles. The second-order valence-corrected chi connectivity index (χ2v) is 6.18. The summed E-state index contributed by atoms with van der Waals surface area (Å²) in [5.41, 5.74) is 5.43. The minimum atomic E-state index is -0.475. The third-order valence-electron chi connectivity index (χ3n) is 3.45. The zero-order valence-electron chi connectivity index (χ0n) is 18.6. The van der Waals surface area contributed by atoms with Crippen molar-refractivity contribution in [3.63, 3.8) is 0 Å². The molecule has 1 amide bonds. The number of carbonyl (C=O) groups excluding carboxylic acids is 3. The first-order valence-electron chi connectivity index (χ1n) is 10.4. The predicted molar refractivity (Wildman–Crippen MR) is 116 cm³/mol. The normalized spacial score (nSPS) is 9.96. The van der Waals surface area contributed by atoms with Crippen LogP contribution in [0.5, 0.6) is 0 Å². The lowest BCUT2D eigenvalue weighted by Crippen LogP contribution is -2.30. The molecular weight excluding hydrogens is 360 g/mol. The molecule has 7 heteroatoms. The molecule has 0 aliphatic rings. The van der Waals surface area contributed by atoms with Crippen molar-refractivity contribution in [3.05, 3.63) is 0 Å². The largest absolute Gasteiger partial charge is 0.400 e. The Hall–Kier alpha value is -1.31. The Morgan fingerprint density at radius 3 is 1.75 bits per heavy atom. The van der Waals surface area contributed by atoms with Gasteiger partial charge in [-0.2, -0.15) is 0 Å². The van der Waals surface area contributed by atoms with E-state index in [4.69, 9.17) is 15.9 Å². The van der Waals surface area contributed by atoms with Gasteiger partial charge in [0, 0.05) is 33.6 Å². The Morgan fingerprint density at radius 2 is 1.32 bits per heavy atom. The first-order chi connectivity index (χ1) is 13.6. The van der Waals surface area contributed by atoms with Crippen LogP contribution < -0.4 is 11.1 Å². The van der Waals surface area contributed by atoms with Crippen LogP contribution >= 0.6 is 0 Å². The van der Waals surface area contributed by atoms with Crippen molar-refractivity contribution >= 4 is 18.5 Å². The van der Waals surface area contributed by atoms with Crippen LogP contribution in [-0.2, 0) is 14.4 Å². The molecule has 0 rings (SSSR count). The highest BCUT2D eigenvalue weighted by Crippen LogP contribution is 2.10. The highest BCUT2D eigenvalue weighted by atomic mass is 16.2. The van der Waals surface area contributed by atoms with Gasteiger partial charge in [-0.1, -0.05) is 58.8 Å². The highest BCUT2D eigenvalue weighted by molar-refractivity contribution is 5.75. The summed E-state index contributed by atoms with van der Waals surface area (Å²) < 4.78 is 0. The highest BCUT2D eigenvalue weighted by Gasteiger charge is 2.03. The predicted octanol–water partition coefficient (Wildman–Crippen LogP) is 2.75. The molecule has 170 valence electrons. The second-order valence-electron chi connectivity index (χ2n) is 6.18. The summed E-state index contributed by atoms with van der Waals surface area (Å²) >= 11 is 0. The van der Waals surface area contributed by atoms with Crippen LogP contribution in [0.3, 0.4) is 0 Å². The van der Waals surface area contributed by atoms with E-state index in [0.29, 0.717) is 32.1 Å². The number of aliphatic hydroxyl groups excluding tert-OH is 2. The van der Waals surface area contributed by atoms with Gasteiger partial charge in [-0.15, -0.1) is 0 Å². The van der Waals surface area contributed by atoms with Gasteiger partial charge in [0.05, 0.1) is 6.04 Å².